The van der Waals surface area contributed by atoms with Crippen molar-refractivity contribution in [1.29, 1.82) is 0 Å². The molecule has 90 valence electrons. The Hall–Kier alpha value is -0.0600. The van der Waals surface area contributed by atoms with Gasteiger partial charge in [-0.25, -0.2) is 4.98 Å². The van der Waals surface area contributed by atoms with Crippen LogP contribution in [0.15, 0.2) is 5.38 Å². The van der Waals surface area contributed by atoms with Gasteiger partial charge in [-0.05, 0) is 32.1 Å². The summed E-state index contributed by atoms with van der Waals surface area (Å²) in [5.74, 6) is 1.31. The van der Waals surface area contributed by atoms with Gasteiger partial charge in [-0.3, -0.25) is 0 Å². The lowest BCUT2D eigenvalue weighted by atomic mass is 10.2. The van der Waals surface area contributed by atoms with Crippen molar-refractivity contribution in [3.8, 4) is 0 Å². The molecule has 1 aliphatic heterocycles. The van der Waals surface area contributed by atoms with Crippen molar-refractivity contribution in [2.45, 2.75) is 44.4 Å². The molecule has 1 aromatic rings. The van der Waals surface area contributed by atoms with Crippen molar-refractivity contribution >= 4 is 23.1 Å². The molecule has 1 aromatic heterocycles. The van der Waals surface area contributed by atoms with E-state index >= 15 is 0 Å². The second-order valence-electron chi connectivity index (χ2n) is 4.25. The number of hydrogen-bond donors (Lipinski definition) is 1. The van der Waals surface area contributed by atoms with Crippen LogP contribution in [0.1, 0.15) is 55.1 Å². The molecule has 4 heteroatoms. The molecule has 0 bridgehead atoms. The lowest BCUT2D eigenvalue weighted by Gasteiger charge is -2.18. The van der Waals surface area contributed by atoms with Crippen LogP contribution >= 0.6 is 23.1 Å². The van der Waals surface area contributed by atoms with E-state index in [1.54, 1.807) is 0 Å². The molecule has 0 spiro atoms. The third-order valence-electron chi connectivity index (χ3n) is 2.95. The van der Waals surface area contributed by atoms with Gasteiger partial charge in [0.25, 0.3) is 0 Å². The van der Waals surface area contributed by atoms with E-state index in [0.717, 1.165) is 6.54 Å². The highest BCUT2D eigenvalue weighted by atomic mass is 32.2. The maximum absolute atomic E-state index is 4.79. The van der Waals surface area contributed by atoms with Crippen LogP contribution in [-0.2, 0) is 0 Å². The summed E-state index contributed by atoms with van der Waals surface area (Å²) in [5.41, 5.74) is 1.22. The number of nitrogens with one attached hydrogen (secondary N) is 1. The Labute approximate surface area is 106 Å². The first-order valence-corrected chi connectivity index (χ1v) is 8.04. The Bertz CT molecular complexity index is 319. The largest absolute Gasteiger partial charge is 0.309 e. The Kier molecular flexibility index (Phi) is 4.67. The van der Waals surface area contributed by atoms with Crippen LogP contribution in [0.2, 0.25) is 0 Å². The average Bonchev–Trinajstić information content (AvgIpc) is 2.80. The first kappa shape index (κ1) is 12.4. The minimum Gasteiger partial charge on any atom is -0.309 e. The monoisotopic (exact) mass is 256 g/mol. The van der Waals surface area contributed by atoms with E-state index < -0.39 is 0 Å². The van der Waals surface area contributed by atoms with Gasteiger partial charge in [0, 0.05) is 11.4 Å². The third kappa shape index (κ3) is 2.99. The molecule has 1 N–H and O–H groups in total. The topological polar surface area (TPSA) is 24.9 Å². The fourth-order valence-electron chi connectivity index (χ4n) is 1.99. The van der Waals surface area contributed by atoms with E-state index in [4.69, 9.17) is 4.98 Å². The predicted molar refractivity (Wildman–Crippen MR) is 73.3 cm³/mol. The summed E-state index contributed by atoms with van der Waals surface area (Å²) in [6.07, 6.45) is 4.07. The van der Waals surface area contributed by atoms with Crippen LogP contribution in [0.4, 0.5) is 0 Å². The normalized spacial score (nSPS) is 23.2. The second kappa shape index (κ2) is 6.03. The van der Waals surface area contributed by atoms with Crippen molar-refractivity contribution in [3.63, 3.8) is 0 Å². The molecular weight excluding hydrogens is 236 g/mol. The van der Waals surface area contributed by atoms with Crippen LogP contribution in [0.5, 0.6) is 0 Å². The molecule has 2 nitrogen and oxygen atoms in total. The zero-order valence-electron chi connectivity index (χ0n) is 10.0. The number of hydrogen-bond acceptors (Lipinski definition) is 4. The standard InChI is InChI=1S/C12H20N2S2/c1-3-13-9(2)10-8-16-12(14-10)11-6-4-5-7-15-11/h8-9,11,13H,3-7H2,1-2H3. The van der Waals surface area contributed by atoms with Gasteiger partial charge < -0.3 is 5.32 Å². The number of rotatable bonds is 4. The highest BCUT2D eigenvalue weighted by Crippen LogP contribution is 2.39. The molecule has 2 rings (SSSR count). The zero-order chi connectivity index (χ0) is 11.4. The van der Waals surface area contributed by atoms with Crippen LogP contribution < -0.4 is 5.32 Å². The first-order valence-electron chi connectivity index (χ1n) is 6.11. The van der Waals surface area contributed by atoms with Crippen LogP contribution in [0.25, 0.3) is 0 Å². The number of thioether (sulfide) groups is 1. The van der Waals surface area contributed by atoms with Crippen molar-refractivity contribution in [2.24, 2.45) is 0 Å². The molecule has 1 saturated heterocycles. The van der Waals surface area contributed by atoms with Gasteiger partial charge in [-0.1, -0.05) is 13.3 Å². The smallest absolute Gasteiger partial charge is 0.106 e. The lowest BCUT2D eigenvalue weighted by Crippen LogP contribution is -2.18. The van der Waals surface area contributed by atoms with E-state index in [0.29, 0.717) is 11.3 Å². The Morgan fingerprint density at radius 2 is 2.44 bits per heavy atom. The van der Waals surface area contributed by atoms with Gasteiger partial charge in [0.15, 0.2) is 0 Å². The molecule has 0 radical (unpaired) electrons. The fraction of sp³-hybridized carbons (Fsp3) is 0.750. The minimum absolute atomic E-state index is 0.392. The summed E-state index contributed by atoms with van der Waals surface area (Å²) in [6.45, 7) is 5.34. The van der Waals surface area contributed by atoms with Gasteiger partial charge in [-0.15, -0.1) is 11.3 Å². The molecule has 0 amide bonds. The maximum atomic E-state index is 4.79. The molecule has 0 saturated carbocycles. The second-order valence-corrected chi connectivity index (χ2v) is 6.45. The van der Waals surface area contributed by atoms with E-state index in [2.05, 4.69) is 36.3 Å². The molecule has 0 aliphatic carbocycles. The molecule has 0 aromatic carbocycles. The fourth-order valence-corrected chi connectivity index (χ4v) is 4.47. The summed E-state index contributed by atoms with van der Waals surface area (Å²) in [7, 11) is 0. The molecule has 1 fully saturated rings. The zero-order valence-corrected chi connectivity index (χ0v) is 11.7. The summed E-state index contributed by atoms with van der Waals surface area (Å²) in [4.78, 5) is 4.79. The van der Waals surface area contributed by atoms with Gasteiger partial charge in [0.2, 0.25) is 0 Å². The Morgan fingerprint density at radius 3 is 3.12 bits per heavy atom. The van der Waals surface area contributed by atoms with Crippen molar-refractivity contribution in [3.05, 3.63) is 16.1 Å². The highest BCUT2D eigenvalue weighted by Gasteiger charge is 2.20. The van der Waals surface area contributed by atoms with Crippen molar-refractivity contribution < 1.29 is 0 Å². The summed E-state index contributed by atoms with van der Waals surface area (Å²) in [6, 6.07) is 0.392. The SMILES string of the molecule is CCNC(C)c1csc(C2CCCCS2)n1. The summed E-state index contributed by atoms with van der Waals surface area (Å²) in [5, 5.41) is 7.64. The van der Waals surface area contributed by atoms with Crippen molar-refractivity contribution in [1.82, 2.24) is 10.3 Å². The molecular formula is C12H20N2S2. The molecule has 16 heavy (non-hydrogen) atoms. The minimum atomic E-state index is 0.392. The molecule has 2 heterocycles. The third-order valence-corrected chi connectivity index (χ3v) is 5.46. The van der Waals surface area contributed by atoms with Crippen LogP contribution in [-0.4, -0.2) is 17.3 Å². The molecule has 2 unspecified atom stereocenters. The average molecular weight is 256 g/mol. The van der Waals surface area contributed by atoms with Gasteiger partial charge in [0.1, 0.15) is 5.01 Å². The molecule has 2 atom stereocenters. The lowest BCUT2D eigenvalue weighted by molar-refractivity contribution is 0.583. The number of nitrogens with zero attached hydrogens (tertiary/aromatic N) is 1. The van der Waals surface area contributed by atoms with E-state index in [-0.39, 0.29) is 0 Å². The van der Waals surface area contributed by atoms with Crippen molar-refractivity contribution in [2.75, 3.05) is 12.3 Å². The Balaban J connectivity index is 2.00. The van der Waals surface area contributed by atoms with E-state index in [1.165, 1.54) is 35.7 Å². The first-order chi connectivity index (χ1) is 7.81. The van der Waals surface area contributed by atoms with E-state index in [1.807, 2.05) is 11.3 Å². The van der Waals surface area contributed by atoms with Gasteiger partial charge in [0.05, 0.1) is 10.9 Å². The Morgan fingerprint density at radius 1 is 1.56 bits per heavy atom. The summed E-state index contributed by atoms with van der Waals surface area (Å²) >= 11 is 3.92. The van der Waals surface area contributed by atoms with E-state index in [9.17, 15) is 0 Å². The number of thiazole rings is 1. The van der Waals surface area contributed by atoms with Gasteiger partial charge in [-0.2, -0.15) is 11.8 Å². The highest BCUT2D eigenvalue weighted by molar-refractivity contribution is 7.99. The summed E-state index contributed by atoms with van der Waals surface area (Å²) < 4.78 is 0. The number of aromatic nitrogens is 1. The van der Waals surface area contributed by atoms with Gasteiger partial charge >= 0.3 is 0 Å². The predicted octanol–water partition coefficient (Wildman–Crippen LogP) is 3.77. The maximum Gasteiger partial charge on any atom is 0.106 e. The molecule has 1 aliphatic rings. The quantitative estimate of drug-likeness (QED) is 0.887. The van der Waals surface area contributed by atoms with Crippen LogP contribution in [0.3, 0.4) is 0 Å². The van der Waals surface area contributed by atoms with Crippen LogP contribution in [0, 0.1) is 0 Å².